The fourth-order valence-corrected chi connectivity index (χ4v) is 1.23. The van der Waals surface area contributed by atoms with Crippen LogP contribution in [0.4, 0.5) is 4.79 Å². The summed E-state index contributed by atoms with van der Waals surface area (Å²) in [5.41, 5.74) is 5.51. The van der Waals surface area contributed by atoms with Crippen molar-refractivity contribution < 1.29 is 14.3 Å². The molecule has 0 unspecified atom stereocenters. The summed E-state index contributed by atoms with van der Waals surface area (Å²) in [6.45, 7) is 1.90. The Bertz CT molecular complexity index is 199. The highest BCUT2D eigenvalue weighted by Gasteiger charge is 2.15. The summed E-state index contributed by atoms with van der Waals surface area (Å²) in [6.07, 6.45) is 1.74. The largest absolute Gasteiger partial charge is 0.450 e. The molecule has 0 aromatic heterocycles. The van der Waals surface area contributed by atoms with Gasteiger partial charge in [0.25, 0.3) is 0 Å². The maximum Gasteiger partial charge on any atom is 0.413 e. The molecule has 0 aromatic rings. The van der Waals surface area contributed by atoms with E-state index in [2.05, 4.69) is 10.1 Å². The molecule has 6 heteroatoms. The minimum absolute atomic E-state index is 0.235. The second kappa shape index (κ2) is 7.64. The molecule has 3 N–H and O–H groups in total. The summed E-state index contributed by atoms with van der Waals surface area (Å²) < 4.78 is 4.54. The summed E-state index contributed by atoms with van der Waals surface area (Å²) in [5, 5.41) is 2.06. The fourth-order valence-electron chi connectivity index (χ4n) is 0.736. The third-order valence-corrected chi connectivity index (χ3v) is 2.11. The SMILES string of the molecule is CCOC(=O)NC(=O)[C@H](N)CCSC. The molecule has 0 aliphatic heterocycles. The molecule has 1 atom stereocenters. The van der Waals surface area contributed by atoms with Gasteiger partial charge >= 0.3 is 6.09 Å². The van der Waals surface area contributed by atoms with Crippen LogP contribution < -0.4 is 11.1 Å². The van der Waals surface area contributed by atoms with Gasteiger partial charge in [-0.15, -0.1) is 0 Å². The third kappa shape index (κ3) is 5.82. The first-order valence-corrected chi connectivity index (χ1v) is 5.73. The van der Waals surface area contributed by atoms with Crippen LogP contribution in [0.25, 0.3) is 0 Å². The standard InChI is InChI=1S/C8H16N2O3S/c1-3-13-8(12)10-7(11)6(9)4-5-14-2/h6H,3-5,9H2,1-2H3,(H,10,11,12)/t6-/m1/s1. The Hall–Kier alpha value is -0.750. The Morgan fingerprint density at radius 2 is 2.21 bits per heavy atom. The number of nitrogens with two attached hydrogens (primary N) is 1. The smallest absolute Gasteiger partial charge is 0.413 e. The Balaban J connectivity index is 3.76. The number of amides is 2. The van der Waals surface area contributed by atoms with Gasteiger partial charge in [-0.25, -0.2) is 4.79 Å². The van der Waals surface area contributed by atoms with E-state index in [4.69, 9.17) is 5.73 Å². The molecule has 0 fully saturated rings. The first kappa shape index (κ1) is 13.2. The molecule has 14 heavy (non-hydrogen) atoms. The van der Waals surface area contributed by atoms with E-state index >= 15 is 0 Å². The topological polar surface area (TPSA) is 81.4 Å². The van der Waals surface area contributed by atoms with Gasteiger partial charge in [-0.2, -0.15) is 11.8 Å². The number of imide groups is 1. The molecule has 0 radical (unpaired) electrons. The maximum absolute atomic E-state index is 11.2. The Morgan fingerprint density at radius 1 is 1.57 bits per heavy atom. The van der Waals surface area contributed by atoms with Crippen LogP contribution in [0.2, 0.25) is 0 Å². The molecule has 0 aliphatic rings. The highest BCUT2D eigenvalue weighted by Crippen LogP contribution is 1.98. The minimum atomic E-state index is -0.739. The zero-order valence-electron chi connectivity index (χ0n) is 8.41. The van der Waals surface area contributed by atoms with Crippen LogP contribution in [0.5, 0.6) is 0 Å². The Labute approximate surface area is 87.7 Å². The van der Waals surface area contributed by atoms with Crippen molar-refractivity contribution in [2.45, 2.75) is 19.4 Å². The average Bonchev–Trinajstić information content (AvgIpc) is 2.14. The van der Waals surface area contributed by atoms with Gasteiger partial charge in [0.05, 0.1) is 12.6 Å². The number of thioether (sulfide) groups is 1. The predicted molar refractivity (Wildman–Crippen MR) is 56.1 cm³/mol. The maximum atomic E-state index is 11.2. The molecule has 0 saturated carbocycles. The van der Waals surface area contributed by atoms with Gasteiger partial charge in [0.2, 0.25) is 5.91 Å². The van der Waals surface area contributed by atoms with Crippen molar-refractivity contribution in [2.24, 2.45) is 5.73 Å². The molecule has 0 heterocycles. The molecule has 2 amide bonds. The highest BCUT2D eigenvalue weighted by molar-refractivity contribution is 7.98. The highest BCUT2D eigenvalue weighted by atomic mass is 32.2. The van der Waals surface area contributed by atoms with Gasteiger partial charge < -0.3 is 10.5 Å². The first-order chi connectivity index (χ1) is 6.61. The number of ether oxygens (including phenoxy) is 1. The monoisotopic (exact) mass is 220 g/mol. The molecular weight excluding hydrogens is 204 g/mol. The Kier molecular flexibility index (Phi) is 7.23. The molecule has 0 spiro atoms. The van der Waals surface area contributed by atoms with Crippen molar-refractivity contribution in [3.63, 3.8) is 0 Å². The quantitative estimate of drug-likeness (QED) is 0.698. The molecule has 0 aliphatic carbocycles. The van der Waals surface area contributed by atoms with Crippen molar-refractivity contribution in [1.29, 1.82) is 0 Å². The molecule has 0 bridgehead atoms. The molecule has 0 aromatic carbocycles. The predicted octanol–water partition coefficient (Wildman–Crippen LogP) is 0.339. The zero-order valence-corrected chi connectivity index (χ0v) is 9.23. The lowest BCUT2D eigenvalue weighted by Crippen LogP contribution is -2.43. The summed E-state index contributed by atoms with van der Waals surface area (Å²) in [7, 11) is 0. The average molecular weight is 220 g/mol. The van der Waals surface area contributed by atoms with Crippen molar-refractivity contribution in [1.82, 2.24) is 5.32 Å². The van der Waals surface area contributed by atoms with Crippen LogP contribution >= 0.6 is 11.8 Å². The van der Waals surface area contributed by atoms with Gasteiger partial charge in [-0.05, 0) is 25.4 Å². The molecule has 5 nitrogen and oxygen atoms in total. The molecular formula is C8H16N2O3S. The van der Waals surface area contributed by atoms with Crippen LogP contribution in [-0.4, -0.2) is 36.7 Å². The number of rotatable bonds is 5. The second-order valence-corrected chi connectivity index (χ2v) is 3.58. The summed E-state index contributed by atoms with van der Waals surface area (Å²) in [4.78, 5) is 22.0. The number of hydrogen-bond donors (Lipinski definition) is 2. The molecule has 82 valence electrons. The normalized spacial score (nSPS) is 11.9. The van der Waals surface area contributed by atoms with E-state index in [9.17, 15) is 9.59 Å². The van der Waals surface area contributed by atoms with E-state index in [0.717, 1.165) is 5.75 Å². The van der Waals surface area contributed by atoms with E-state index in [-0.39, 0.29) is 6.61 Å². The van der Waals surface area contributed by atoms with Crippen molar-refractivity contribution >= 4 is 23.8 Å². The fraction of sp³-hybridized carbons (Fsp3) is 0.750. The summed E-state index contributed by atoms with van der Waals surface area (Å²) in [6, 6.07) is -0.646. The van der Waals surface area contributed by atoms with Crippen molar-refractivity contribution in [3.05, 3.63) is 0 Å². The van der Waals surface area contributed by atoms with Gasteiger partial charge in [0.15, 0.2) is 0 Å². The molecule has 0 rings (SSSR count). The number of nitrogens with one attached hydrogen (secondary N) is 1. The molecule has 0 saturated heterocycles. The summed E-state index contributed by atoms with van der Waals surface area (Å²) in [5.74, 6) is 0.301. The van der Waals surface area contributed by atoms with Gasteiger partial charge in [-0.3, -0.25) is 10.1 Å². The van der Waals surface area contributed by atoms with E-state index in [0.29, 0.717) is 6.42 Å². The van der Waals surface area contributed by atoms with Crippen LogP contribution in [0.1, 0.15) is 13.3 Å². The zero-order chi connectivity index (χ0) is 11.0. The van der Waals surface area contributed by atoms with E-state index in [1.807, 2.05) is 6.26 Å². The Morgan fingerprint density at radius 3 is 2.71 bits per heavy atom. The number of alkyl carbamates (subject to hydrolysis) is 1. The van der Waals surface area contributed by atoms with Crippen LogP contribution in [0, 0.1) is 0 Å². The van der Waals surface area contributed by atoms with Crippen LogP contribution in [0.3, 0.4) is 0 Å². The van der Waals surface area contributed by atoms with Gasteiger partial charge in [0, 0.05) is 0 Å². The van der Waals surface area contributed by atoms with Crippen LogP contribution in [0.15, 0.2) is 0 Å². The lowest BCUT2D eigenvalue weighted by atomic mass is 10.2. The lowest BCUT2D eigenvalue weighted by Gasteiger charge is -2.10. The third-order valence-electron chi connectivity index (χ3n) is 1.47. The van der Waals surface area contributed by atoms with E-state index in [1.165, 1.54) is 0 Å². The van der Waals surface area contributed by atoms with Crippen molar-refractivity contribution in [2.75, 3.05) is 18.6 Å². The summed E-state index contributed by atoms with van der Waals surface area (Å²) >= 11 is 1.60. The lowest BCUT2D eigenvalue weighted by molar-refractivity contribution is -0.121. The van der Waals surface area contributed by atoms with Crippen LogP contribution in [-0.2, 0) is 9.53 Å². The first-order valence-electron chi connectivity index (χ1n) is 4.34. The number of hydrogen-bond acceptors (Lipinski definition) is 5. The van der Waals surface area contributed by atoms with E-state index < -0.39 is 18.0 Å². The second-order valence-electron chi connectivity index (χ2n) is 2.60. The number of carbonyl (C=O) groups is 2. The van der Waals surface area contributed by atoms with E-state index in [1.54, 1.807) is 18.7 Å². The number of carbonyl (C=O) groups excluding carboxylic acids is 2. The van der Waals surface area contributed by atoms with Gasteiger partial charge in [-0.1, -0.05) is 0 Å². The van der Waals surface area contributed by atoms with Crippen molar-refractivity contribution in [3.8, 4) is 0 Å². The minimum Gasteiger partial charge on any atom is -0.450 e. The van der Waals surface area contributed by atoms with Gasteiger partial charge in [0.1, 0.15) is 0 Å².